The maximum Gasteiger partial charge on any atom is 0.273 e. The molecule has 3 rings (SSSR count). The molecule has 2 heterocycles. The largest absolute Gasteiger partial charge is 0.479 e. The average Bonchev–Trinajstić information content (AvgIpc) is 3.26. The number of benzene rings is 1. The van der Waals surface area contributed by atoms with E-state index < -0.39 is 23.3 Å². The fourth-order valence-corrected chi connectivity index (χ4v) is 2.20. The Morgan fingerprint density at radius 3 is 2.85 bits per heavy atom. The third-order valence-corrected chi connectivity index (χ3v) is 3.37. The first-order valence-electron chi connectivity index (χ1n) is 7.68. The first kappa shape index (κ1) is 17.5. The molecule has 1 aromatic carbocycles. The quantitative estimate of drug-likeness (QED) is 0.689. The Balaban J connectivity index is 1.56. The van der Waals surface area contributed by atoms with Gasteiger partial charge >= 0.3 is 0 Å². The molecule has 1 amide bonds. The van der Waals surface area contributed by atoms with E-state index in [2.05, 4.69) is 20.6 Å². The van der Waals surface area contributed by atoms with Crippen LogP contribution in [0.25, 0.3) is 0 Å². The maximum atomic E-state index is 13.5. The van der Waals surface area contributed by atoms with Crippen LogP contribution >= 0.6 is 0 Å². The highest BCUT2D eigenvalue weighted by Crippen LogP contribution is 2.22. The van der Waals surface area contributed by atoms with Gasteiger partial charge in [0.1, 0.15) is 19.3 Å². The Morgan fingerprint density at radius 1 is 1.38 bits per heavy atom. The fourth-order valence-electron chi connectivity index (χ4n) is 2.20. The Bertz CT molecular complexity index is 862. The predicted molar refractivity (Wildman–Crippen MR) is 84.1 cm³/mol. The van der Waals surface area contributed by atoms with Crippen LogP contribution in [0.4, 0.5) is 8.78 Å². The summed E-state index contributed by atoms with van der Waals surface area (Å²) in [6, 6.07) is 4.50. The number of hydrogen-bond donors (Lipinski definition) is 1. The van der Waals surface area contributed by atoms with Gasteiger partial charge in [0.25, 0.3) is 5.91 Å². The van der Waals surface area contributed by atoms with Crippen molar-refractivity contribution in [2.75, 3.05) is 0 Å². The van der Waals surface area contributed by atoms with Crippen LogP contribution in [0.2, 0.25) is 0 Å². The van der Waals surface area contributed by atoms with E-state index in [0.29, 0.717) is 6.54 Å². The van der Waals surface area contributed by atoms with Crippen molar-refractivity contribution in [2.24, 2.45) is 0 Å². The Kier molecular flexibility index (Phi) is 5.20. The van der Waals surface area contributed by atoms with Gasteiger partial charge in [-0.2, -0.15) is 5.10 Å². The highest BCUT2D eigenvalue weighted by atomic mass is 19.1. The van der Waals surface area contributed by atoms with Crippen LogP contribution in [0, 0.1) is 11.6 Å². The van der Waals surface area contributed by atoms with Gasteiger partial charge in [0.15, 0.2) is 28.8 Å². The summed E-state index contributed by atoms with van der Waals surface area (Å²) in [5.41, 5.74) is 0.0306. The molecule has 3 aromatic rings. The summed E-state index contributed by atoms with van der Waals surface area (Å²) in [6.45, 7) is 1.96. The van der Waals surface area contributed by atoms with Crippen LogP contribution in [0.5, 0.6) is 5.75 Å². The molecule has 1 atom stereocenters. The van der Waals surface area contributed by atoms with Crippen LogP contribution in [-0.2, 0) is 13.2 Å². The van der Waals surface area contributed by atoms with Gasteiger partial charge in [0.05, 0.1) is 6.54 Å². The number of carbonyl (C=O) groups excluding carboxylic acids is 1. The number of nitrogens with zero attached hydrogens (tertiary/aromatic N) is 4. The number of rotatable bonds is 7. The van der Waals surface area contributed by atoms with Crippen molar-refractivity contribution in [3.8, 4) is 5.75 Å². The van der Waals surface area contributed by atoms with Gasteiger partial charge in [-0.1, -0.05) is 11.2 Å². The van der Waals surface area contributed by atoms with E-state index in [9.17, 15) is 13.6 Å². The van der Waals surface area contributed by atoms with Crippen molar-refractivity contribution in [1.82, 2.24) is 25.2 Å². The summed E-state index contributed by atoms with van der Waals surface area (Å²) in [5, 5.41) is 10.3. The third-order valence-electron chi connectivity index (χ3n) is 3.37. The summed E-state index contributed by atoms with van der Waals surface area (Å²) < 4.78 is 38.6. The second-order valence-electron chi connectivity index (χ2n) is 5.51. The molecule has 10 heteroatoms. The lowest BCUT2D eigenvalue weighted by atomic mass is 10.3. The second-order valence-corrected chi connectivity index (χ2v) is 5.51. The van der Waals surface area contributed by atoms with E-state index in [-0.39, 0.29) is 24.1 Å². The van der Waals surface area contributed by atoms with Crippen LogP contribution < -0.4 is 10.1 Å². The molecule has 0 unspecified atom stereocenters. The van der Waals surface area contributed by atoms with Crippen LogP contribution in [0.3, 0.4) is 0 Å². The van der Waals surface area contributed by atoms with E-state index in [0.717, 1.165) is 12.1 Å². The van der Waals surface area contributed by atoms with Crippen molar-refractivity contribution >= 4 is 5.91 Å². The van der Waals surface area contributed by atoms with Gasteiger partial charge in [-0.25, -0.2) is 13.8 Å². The Hall–Kier alpha value is -3.30. The molecule has 136 valence electrons. The molecular weight excluding hydrogens is 348 g/mol. The lowest BCUT2D eigenvalue weighted by Crippen LogP contribution is -2.36. The summed E-state index contributed by atoms with van der Waals surface area (Å²) in [4.78, 5) is 16.0. The zero-order valence-corrected chi connectivity index (χ0v) is 13.7. The minimum atomic E-state index is -0.829. The van der Waals surface area contributed by atoms with Gasteiger partial charge in [-0.15, -0.1) is 0 Å². The van der Waals surface area contributed by atoms with E-state index in [1.165, 1.54) is 24.8 Å². The van der Waals surface area contributed by atoms with Crippen molar-refractivity contribution in [3.63, 3.8) is 0 Å². The standard InChI is InChI=1S/C16H15F2N5O3/c1-10(6-23-9-19-8-20-23)21-16(24)14-5-11(26-22-14)7-25-15-12(17)3-2-4-13(15)18/h2-5,8-10H,6-7H2,1H3,(H,21,24)/t10-/m0/s1. The average molecular weight is 363 g/mol. The first-order valence-corrected chi connectivity index (χ1v) is 7.68. The molecule has 0 aliphatic heterocycles. The number of halogens is 2. The molecule has 0 radical (unpaired) electrons. The minimum absolute atomic E-state index is 0.0306. The van der Waals surface area contributed by atoms with Gasteiger partial charge in [0.2, 0.25) is 0 Å². The Morgan fingerprint density at radius 2 is 2.15 bits per heavy atom. The van der Waals surface area contributed by atoms with Crippen LogP contribution in [0.15, 0.2) is 41.4 Å². The van der Waals surface area contributed by atoms with Crippen molar-refractivity contribution in [1.29, 1.82) is 0 Å². The van der Waals surface area contributed by atoms with E-state index in [1.807, 2.05) is 0 Å². The predicted octanol–water partition coefficient (Wildman–Crippen LogP) is 1.94. The number of amides is 1. The number of aromatic nitrogens is 4. The van der Waals surface area contributed by atoms with Crippen LogP contribution in [0.1, 0.15) is 23.2 Å². The highest BCUT2D eigenvalue weighted by molar-refractivity contribution is 5.92. The number of para-hydroxylation sites is 1. The molecule has 26 heavy (non-hydrogen) atoms. The lowest BCUT2D eigenvalue weighted by Gasteiger charge is -2.12. The molecular formula is C16H15F2N5O3. The molecule has 0 aliphatic rings. The maximum absolute atomic E-state index is 13.5. The molecule has 0 aliphatic carbocycles. The van der Waals surface area contributed by atoms with E-state index >= 15 is 0 Å². The van der Waals surface area contributed by atoms with Gasteiger partial charge in [-0.05, 0) is 19.1 Å². The molecule has 0 fully saturated rings. The Labute approximate surface area is 146 Å². The minimum Gasteiger partial charge on any atom is -0.479 e. The van der Waals surface area contributed by atoms with Crippen LogP contribution in [-0.4, -0.2) is 31.9 Å². The van der Waals surface area contributed by atoms with Gasteiger partial charge in [-0.3, -0.25) is 9.48 Å². The molecule has 8 nitrogen and oxygen atoms in total. The van der Waals surface area contributed by atoms with Gasteiger partial charge < -0.3 is 14.6 Å². The zero-order chi connectivity index (χ0) is 18.5. The molecule has 1 N–H and O–H groups in total. The second kappa shape index (κ2) is 7.72. The van der Waals surface area contributed by atoms with Crippen molar-refractivity contribution < 1.29 is 22.8 Å². The van der Waals surface area contributed by atoms with E-state index in [1.54, 1.807) is 11.6 Å². The molecule has 0 spiro atoms. The highest BCUT2D eigenvalue weighted by Gasteiger charge is 2.17. The first-order chi connectivity index (χ1) is 12.5. The summed E-state index contributed by atoms with van der Waals surface area (Å²) in [5.74, 6) is -2.48. The molecule has 0 saturated heterocycles. The molecule has 0 bridgehead atoms. The normalized spacial score (nSPS) is 12.0. The summed E-state index contributed by atoms with van der Waals surface area (Å²) in [6.07, 6.45) is 2.94. The summed E-state index contributed by atoms with van der Waals surface area (Å²) in [7, 11) is 0. The number of hydrogen-bond acceptors (Lipinski definition) is 6. The fraction of sp³-hybridized carbons (Fsp3) is 0.250. The smallest absolute Gasteiger partial charge is 0.273 e. The lowest BCUT2D eigenvalue weighted by molar-refractivity contribution is 0.0926. The van der Waals surface area contributed by atoms with Crippen molar-refractivity contribution in [2.45, 2.75) is 26.1 Å². The summed E-state index contributed by atoms with van der Waals surface area (Å²) >= 11 is 0. The molecule has 0 saturated carbocycles. The SMILES string of the molecule is C[C@@H](Cn1cncn1)NC(=O)c1cc(COc2c(F)cccc2F)on1. The number of ether oxygens (including phenoxy) is 1. The number of nitrogens with one attached hydrogen (secondary N) is 1. The van der Waals surface area contributed by atoms with Crippen molar-refractivity contribution in [3.05, 3.63) is 60.0 Å². The topological polar surface area (TPSA) is 95.1 Å². The van der Waals surface area contributed by atoms with E-state index in [4.69, 9.17) is 9.26 Å². The molecule has 2 aromatic heterocycles. The third kappa shape index (κ3) is 4.21. The zero-order valence-electron chi connectivity index (χ0n) is 13.7. The number of carbonyl (C=O) groups is 1. The van der Waals surface area contributed by atoms with Gasteiger partial charge in [0, 0.05) is 12.1 Å². The monoisotopic (exact) mass is 363 g/mol.